The van der Waals surface area contributed by atoms with Crippen LogP contribution in [0.3, 0.4) is 0 Å². The van der Waals surface area contributed by atoms with Crippen molar-refractivity contribution in [3.05, 3.63) is 48.0 Å². The van der Waals surface area contributed by atoms with Gasteiger partial charge in [-0.15, -0.1) is 0 Å². The van der Waals surface area contributed by atoms with E-state index in [9.17, 15) is 26.7 Å². The summed E-state index contributed by atoms with van der Waals surface area (Å²) >= 11 is 0. The normalized spacial score (nSPS) is 11.9. The van der Waals surface area contributed by atoms with Crippen LogP contribution in [0, 0.1) is 0 Å². The minimum atomic E-state index is -4.58. The van der Waals surface area contributed by atoms with Crippen molar-refractivity contribution in [3.63, 3.8) is 0 Å². The van der Waals surface area contributed by atoms with Crippen LogP contribution in [0.4, 0.5) is 0 Å². The van der Waals surface area contributed by atoms with Crippen molar-refractivity contribution in [3.8, 4) is 11.5 Å². The molecule has 0 amide bonds. The molecule has 2 aromatic rings. The van der Waals surface area contributed by atoms with Gasteiger partial charge >= 0.3 is 5.97 Å². The first-order valence-electron chi connectivity index (χ1n) is 6.09. The molecule has 9 nitrogen and oxygen atoms in total. The summed E-state index contributed by atoms with van der Waals surface area (Å²) in [6.45, 7) is 0. The third kappa shape index (κ3) is 4.08. The number of rotatable bonds is 4. The van der Waals surface area contributed by atoms with Crippen LogP contribution in [0.1, 0.15) is 10.4 Å². The average Bonchev–Trinajstić information content (AvgIpc) is 2.46. The lowest BCUT2D eigenvalue weighted by molar-refractivity contribution is 0.0731. The number of hydrogen-bond acceptors (Lipinski definition) is 7. The zero-order chi connectivity index (χ0) is 18.1. The second-order valence-electron chi connectivity index (χ2n) is 4.49. The molecule has 2 rings (SSSR count). The summed E-state index contributed by atoms with van der Waals surface area (Å²) in [6.07, 6.45) is 0. The van der Waals surface area contributed by atoms with Gasteiger partial charge in [0.25, 0.3) is 20.2 Å². The summed E-state index contributed by atoms with van der Waals surface area (Å²) in [5.41, 5.74) is -0.524. The van der Waals surface area contributed by atoms with E-state index in [1.165, 1.54) is 0 Å². The molecule has 3 N–H and O–H groups in total. The Morgan fingerprint density at radius 2 is 1.33 bits per heavy atom. The Labute approximate surface area is 136 Å². The average molecular weight is 374 g/mol. The Morgan fingerprint density at radius 3 is 1.83 bits per heavy atom. The third-order valence-electron chi connectivity index (χ3n) is 2.82. The lowest BCUT2D eigenvalue weighted by Gasteiger charge is -2.07. The summed E-state index contributed by atoms with van der Waals surface area (Å²) in [6, 6.07) is 6.61. The van der Waals surface area contributed by atoms with Gasteiger partial charge in [-0.1, -0.05) is 0 Å². The minimum Gasteiger partial charge on any atom is -0.507 e. The topological polar surface area (TPSA) is 155 Å². The number of aromatic hydroxyl groups is 1. The Hall–Kier alpha value is -2.47. The first kappa shape index (κ1) is 17.9. The van der Waals surface area contributed by atoms with Crippen molar-refractivity contribution < 1.29 is 40.6 Å². The number of hydrogen-bond donors (Lipinski definition) is 3. The molecule has 0 aliphatic carbocycles. The number of phenolic OH excluding ortho intramolecular Hbond substituents is 1. The SMILES string of the molecule is O=C(Oc1ccc(S(=O)(=O)O)cc1)c1cc(S(=O)(=O)O)ccc1O. The van der Waals surface area contributed by atoms with Gasteiger partial charge in [0.2, 0.25) is 0 Å². The number of esters is 1. The van der Waals surface area contributed by atoms with Crippen LogP contribution in [0.25, 0.3) is 0 Å². The van der Waals surface area contributed by atoms with Gasteiger partial charge in [-0.3, -0.25) is 9.11 Å². The van der Waals surface area contributed by atoms with Gasteiger partial charge in [-0.05, 0) is 42.5 Å². The van der Waals surface area contributed by atoms with E-state index in [2.05, 4.69) is 0 Å². The van der Waals surface area contributed by atoms with E-state index in [1.54, 1.807) is 0 Å². The molecular weight excluding hydrogens is 364 g/mol. The molecule has 0 unspecified atom stereocenters. The number of carbonyl (C=O) groups excluding carboxylic acids is 1. The molecule has 0 bridgehead atoms. The Kier molecular flexibility index (Phi) is 4.62. The molecule has 0 saturated heterocycles. The largest absolute Gasteiger partial charge is 0.507 e. The molecular formula is C13H10O9S2. The van der Waals surface area contributed by atoms with Gasteiger partial charge in [0.1, 0.15) is 17.1 Å². The number of benzene rings is 2. The predicted molar refractivity (Wildman–Crippen MR) is 79.1 cm³/mol. The van der Waals surface area contributed by atoms with E-state index in [0.717, 1.165) is 42.5 Å². The second-order valence-corrected chi connectivity index (χ2v) is 7.33. The molecule has 0 aliphatic heterocycles. The van der Waals surface area contributed by atoms with Crippen LogP contribution in [0.5, 0.6) is 11.5 Å². The van der Waals surface area contributed by atoms with Crippen LogP contribution in [-0.4, -0.2) is 37.0 Å². The highest BCUT2D eigenvalue weighted by molar-refractivity contribution is 7.86. The summed E-state index contributed by atoms with van der Waals surface area (Å²) in [5.74, 6) is -1.84. The lowest BCUT2D eigenvalue weighted by atomic mass is 10.2. The zero-order valence-electron chi connectivity index (χ0n) is 11.6. The summed E-state index contributed by atoms with van der Waals surface area (Å²) < 4.78 is 66.5. The smallest absolute Gasteiger partial charge is 0.347 e. The van der Waals surface area contributed by atoms with Gasteiger partial charge in [0, 0.05) is 0 Å². The highest BCUT2D eigenvalue weighted by Crippen LogP contribution is 2.24. The van der Waals surface area contributed by atoms with Gasteiger partial charge in [-0.25, -0.2) is 4.79 Å². The first-order chi connectivity index (χ1) is 11.0. The van der Waals surface area contributed by atoms with Gasteiger partial charge < -0.3 is 9.84 Å². The van der Waals surface area contributed by atoms with E-state index in [0.29, 0.717) is 0 Å². The fourth-order valence-electron chi connectivity index (χ4n) is 1.68. The monoisotopic (exact) mass is 374 g/mol. The minimum absolute atomic E-state index is 0.121. The maximum absolute atomic E-state index is 12.0. The molecule has 0 aromatic heterocycles. The molecule has 11 heteroatoms. The maximum atomic E-state index is 12.0. The van der Waals surface area contributed by atoms with Gasteiger partial charge in [0.05, 0.1) is 9.79 Å². The van der Waals surface area contributed by atoms with Crippen LogP contribution >= 0.6 is 0 Å². The van der Waals surface area contributed by atoms with Crippen molar-refractivity contribution in [2.24, 2.45) is 0 Å². The Bertz CT molecular complexity index is 990. The molecule has 0 spiro atoms. The maximum Gasteiger partial charge on any atom is 0.347 e. The first-order valence-corrected chi connectivity index (χ1v) is 8.97. The van der Waals surface area contributed by atoms with Crippen molar-refractivity contribution in [2.75, 3.05) is 0 Å². The van der Waals surface area contributed by atoms with E-state index < -0.39 is 47.3 Å². The molecule has 0 heterocycles. The van der Waals surface area contributed by atoms with Crippen LogP contribution in [0.2, 0.25) is 0 Å². The van der Waals surface area contributed by atoms with Crippen molar-refractivity contribution in [1.29, 1.82) is 0 Å². The number of carbonyl (C=O) groups is 1. The Balaban J connectivity index is 2.30. The number of phenols is 1. The molecule has 2 aromatic carbocycles. The van der Waals surface area contributed by atoms with Crippen LogP contribution in [-0.2, 0) is 20.2 Å². The quantitative estimate of drug-likeness (QED) is 0.405. The lowest BCUT2D eigenvalue weighted by Crippen LogP contribution is -2.10. The van der Waals surface area contributed by atoms with Gasteiger partial charge in [0.15, 0.2) is 0 Å². The molecule has 0 radical (unpaired) electrons. The third-order valence-corrected chi connectivity index (χ3v) is 4.54. The second kappa shape index (κ2) is 6.20. The predicted octanol–water partition coefficient (Wildman–Crippen LogP) is 1.10. The van der Waals surface area contributed by atoms with E-state index in [4.69, 9.17) is 13.8 Å². The highest BCUT2D eigenvalue weighted by atomic mass is 32.2. The molecule has 0 aliphatic rings. The number of ether oxygens (including phenoxy) is 1. The zero-order valence-corrected chi connectivity index (χ0v) is 13.3. The summed E-state index contributed by atoms with van der Waals surface area (Å²) in [7, 11) is -8.99. The van der Waals surface area contributed by atoms with E-state index in [-0.39, 0.29) is 5.75 Å². The van der Waals surface area contributed by atoms with Gasteiger partial charge in [-0.2, -0.15) is 16.8 Å². The summed E-state index contributed by atoms with van der Waals surface area (Å²) in [4.78, 5) is 10.9. The Morgan fingerprint density at radius 1 is 0.833 bits per heavy atom. The van der Waals surface area contributed by atoms with Crippen molar-refractivity contribution in [1.82, 2.24) is 0 Å². The molecule has 24 heavy (non-hydrogen) atoms. The van der Waals surface area contributed by atoms with Crippen molar-refractivity contribution in [2.45, 2.75) is 9.79 Å². The molecule has 0 fully saturated rings. The fraction of sp³-hybridized carbons (Fsp3) is 0. The van der Waals surface area contributed by atoms with Crippen molar-refractivity contribution >= 4 is 26.2 Å². The summed E-state index contributed by atoms with van der Waals surface area (Å²) in [5, 5.41) is 9.61. The fourth-order valence-corrected chi connectivity index (χ4v) is 2.67. The van der Waals surface area contributed by atoms with E-state index in [1.807, 2.05) is 0 Å². The highest BCUT2D eigenvalue weighted by Gasteiger charge is 2.19. The molecule has 128 valence electrons. The van der Waals surface area contributed by atoms with Crippen LogP contribution < -0.4 is 4.74 Å². The molecule has 0 saturated carbocycles. The molecule has 0 atom stereocenters. The standard InChI is InChI=1S/C13H10O9S2/c14-12-6-5-10(24(19,20)21)7-11(12)13(15)22-8-1-3-9(4-2-8)23(16,17)18/h1-7,14H,(H,16,17,18)(H,19,20,21). The van der Waals surface area contributed by atoms with E-state index >= 15 is 0 Å². The van der Waals surface area contributed by atoms with Crippen LogP contribution in [0.15, 0.2) is 52.3 Å².